The summed E-state index contributed by atoms with van der Waals surface area (Å²) in [7, 11) is 0. The van der Waals surface area contributed by atoms with E-state index >= 15 is 0 Å². The fourth-order valence-corrected chi connectivity index (χ4v) is 2.50. The van der Waals surface area contributed by atoms with Crippen LogP contribution in [-0.2, 0) is 6.54 Å². The Balaban J connectivity index is 2.61. The molecule has 0 unspecified atom stereocenters. The summed E-state index contributed by atoms with van der Waals surface area (Å²) in [4.78, 5) is 3.56. The molecule has 102 valence electrons. The average Bonchev–Trinajstić information content (AvgIpc) is 2.82. The van der Waals surface area contributed by atoms with E-state index in [-0.39, 0.29) is 6.61 Å². The first-order valence-electron chi connectivity index (χ1n) is 6.45. The number of rotatable bonds is 6. The average molecular weight is 276 g/mol. The van der Waals surface area contributed by atoms with Gasteiger partial charge in [0.1, 0.15) is 0 Å². The Morgan fingerprint density at radius 1 is 1.42 bits per heavy atom. The van der Waals surface area contributed by atoms with Crippen molar-refractivity contribution in [1.82, 2.24) is 4.90 Å². The molecule has 0 saturated carbocycles. The normalized spacial score (nSPS) is 10.3. The molecule has 19 heavy (non-hydrogen) atoms. The van der Waals surface area contributed by atoms with Gasteiger partial charge in [-0.3, -0.25) is 4.90 Å². The van der Waals surface area contributed by atoms with Gasteiger partial charge in [-0.25, -0.2) is 0 Å². The molecule has 1 N–H and O–H groups in total. The van der Waals surface area contributed by atoms with Crippen molar-refractivity contribution >= 4 is 11.3 Å². The van der Waals surface area contributed by atoms with E-state index in [4.69, 9.17) is 10.4 Å². The Kier molecular flexibility index (Phi) is 7.22. The van der Waals surface area contributed by atoms with Gasteiger partial charge >= 0.3 is 0 Å². The fourth-order valence-electron chi connectivity index (χ4n) is 1.66. The van der Waals surface area contributed by atoms with E-state index in [0.29, 0.717) is 18.9 Å². The maximum atomic E-state index is 8.68. The second kappa shape index (κ2) is 8.72. The van der Waals surface area contributed by atoms with Gasteiger partial charge in [0.25, 0.3) is 0 Å². The van der Waals surface area contributed by atoms with Crippen LogP contribution in [0, 0.1) is 23.2 Å². The molecule has 0 saturated heterocycles. The summed E-state index contributed by atoms with van der Waals surface area (Å²) >= 11 is 1.70. The van der Waals surface area contributed by atoms with E-state index < -0.39 is 0 Å². The molecule has 1 rings (SSSR count). The highest BCUT2D eigenvalue weighted by atomic mass is 32.1. The molecule has 3 nitrogen and oxygen atoms in total. The van der Waals surface area contributed by atoms with Crippen molar-refractivity contribution in [3.63, 3.8) is 0 Å². The quantitative estimate of drug-likeness (QED) is 0.812. The van der Waals surface area contributed by atoms with Gasteiger partial charge in [-0.15, -0.1) is 11.3 Å². The zero-order valence-corrected chi connectivity index (χ0v) is 12.3. The van der Waals surface area contributed by atoms with Gasteiger partial charge in [-0.05, 0) is 19.9 Å². The van der Waals surface area contributed by atoms with Crippen LogP contribution in [-0.4, -0.2) is 29.2 Å². The van der Waals surface area contributed by atoms with E-state index in [2.05, 4.69) is 42.7 Å². The maximum Gasteiger partial charge on any atom is 0.0635 e. The lowest BCUT2D eigenvalue weighted by Gasteiger charge is -2.24. The van der Waals surface area contributed by atoms with Gasteiger partial charge in [-0.2, -0.15) is 5.26 Å². The van der Waals surface area contributed by atoms with Gasteiger partial charge < -0.3 is 5.11 Å². The van der Waals surface area contributed by atoms with Crippen molar-refractivity contribution in [2.24, 2.45) is 0 Å². The molecule has 4 heteroatoms. The Morgan fingerprint density at radius 2 is 2.21 bits per heavy atom. The molecule has 1 aromatic rings. The number of hydrogen-bond donors (Lipinski definition) is 1. The van der Waals surface area contributed by atoms with E-state index in [1.807, 2.05) is 5.38 Å². The van der Waals surface area contributed by atoms with Crippen molar-refractivity contribution in [1.29, 1.82) is 5.26 Å². The van der Waals surface area contributed by atoms with Gasteiger partial charge in [0.15, 0.2) is 0 Å². The van der Waals surface area contributed by atoms with Crippen LogP contribution in [0.15, 0.2) is 11.4 Å². The molecule has 0 radical (unpaired) electrons. The Bertz CT molecular complexity index is 476. The number of aliphatic hydroxyl groups is 1. The molecule has 0 aliphatic rings. The first-order chi connectivity index (χ1) is 9.17. The summed E-state index contributed by atoms with van der Waals surface area (Å²) in [6, 6.07) is 4.72. The minimum absolute atomic E-state index is 0.110. The van der Waals surface area contributed by atoms with Crippen molar-refractivity contribution in [3.8, 4) is 17.9 Å². The van der Waals surface area contributed by atoms with Crippen LogP contribution in [0.2, 0.25) is 0 Å². The molecule has 0 aliphatic carbocycles. The Hall–Kier alpha value is -1.33. The van der Waals surface area contributed by atoms with Crippen LogP contribution in [0.25, 0.3) is 0 Å². The van der Waals surface area contributed by atoms with E-state index in [9.17, 15) is 0 Å². The summed E-state index contributed by atoms with van der Waals surface area (Å²) < 4.78 is 0. The summed E-state index contributed by atoms with van der Waals surface area (Å²) in [5, 5.41) is 19.4. The molecule has 0 spiro atoms. The van der Waals surface area contributed by atoms with Gasteiger partial charge in [-0.1, -0.05) is 11.8 Å². The molecule has 0 aromatic carbocycles. The summed E-state index contributed by atoms with van der Waals surface area (Å²) in [6.45, 7) is 6.07. The number of thiophene rings is 1. The lowest BCUT2D eigenvalue weighted by Crippen LogP contribution is -2.30. The molecule has 1 heterocycles. The third-order valence-corrected chi connectivity index (χ3v) is 3.64. The minimum atomic E-state index is 0.110. The highest BCUT2D eigenvalue weighted by Crippen LogP contribution is 2.17. The third kappa shape index (κ3) is 5.89. The Labute approximate surface area is 119 Å². The number of aliphatic hydroxyl groups excluding tert-OH is 1. The topological polar surface area (TPSA) is 47.3 Å². The monoisotopic (exact) mass is 276 g/mol. The lowest BCUT2D eigenvalue weighted by atomic mass is 10.2. The van der Waals surface area contributed by atoms with Crippen LogP contribution < -0.4 is 0 Å². The standard InChI is InChI=1S/C15H20N2OS/c1-13(2)17(8-5-7-16)11-15-10-14(12-19-15)6-3-4-9-18/h10,12-13,18H,4-5,8-9,11H2,1-2H3. The largest absolute Gasteiger partial charge is 0.395 e. The maximum absolute atomic E-state index is 8.68. The predicted octanol–water partition coefficient (Wildman–Crippen LogP) is 2.61. The van der Waals surface area contributed by atoms with Crippen molar-refractivity contribution in [2.45, 2.75) is 39.3 Å². The first kappa shape index (κ1) is 15.7. The van der Waals surface area contributed by atoms with Crippen LogP contribution in [0.1, 0.15) is 37.1 Å². The second-order valence-electron chi connectivity index (χ2n) is 4.55. The third-order valence-electron chi connectivity index (χ3n) is 2.72. The molecule has 0 aliphatic heterocycles. The zero-order valence-electron chi connectivity index (χ0n) is 11.5. The van der Waals surface area contributed by atoms with Gasteiger partial charge in [0.05, 0.1) is 12.7 Å². The highest BCUT2D eigenvalue weighted by Gasteiger charge is 2.10. The minimum Gasteiger partial charge on any atom is -0.395 e. The number of nitrogens with zero attached hydrogens (tertiary/aromatic N) is 2. The zero-order chi connectivity index (χ0) is 14.1. The molecule has 0 fully saturated rings. The van der Waals surface area contributed by atoms with E-state index in [1.165, 1.54) is 4.88 Å². The van der Waals surface area contributed by atoms with Crippen LogP contribution in [0.4, 0.5) is 0 Å². The molecule has 0 amide bonds. The molecule has 0 atom stereocenters. The molecule has 1 aromatic heterocycles. The number of hydrogen-bond acceptors (Lipinski definition) is 4. The molecular formula is C15H20N2OS. The highest BCUT2D eigenvalue weighted by molar-refractivity contribution is 7.10. The molecule has 0 bridgehead atoms. The second-order valence-corrected chi connectivity index (χ2v) is 5.55. The lowest BCUT2D eigenvalue weighted by molar-refractivity contribution is 0.220. The van der Waals surface area contributed by atoms with Crippen LogP contribution in [0.3, 0.4) is 0 Å². The van der Waals surface area contributed by atoms with Crippen molar-refractivity contribution in [3.05, 3.63) is 21.9 Å². The predicted molar refractivity (Wildman–Crippen MR) is 78.7 cm³/mol. The van der Waals surface area contributed by atoms with E-state index in [0.717, 1.165) is 18.7 Å². The van der Waals surface area contributed by atoms with Gasteiger partial charge in [0, 0.05) is 47.8 Å². The fraction of sp³-hybridized carbons (Fsp3) is 0.533. The van der Waals surface area contributed by atoms with E-state index in [1.54, 1.807) is 11.3 Å². The molecular weight excluding hydrogens is 256 g/mol. The first-order valence-corrected chi connectivity index (χ1v) is 7.33. The SMILES string of the molecule is CC(C)N(CCC#N)Cc1cc(C#CCCO)cs1. The summed E-state index contributed by atoms with van der Waals surface area (Å²) in [6.07, 6.45) is 1.08. The van der Waals surface area contributed by atoms with Crippen LogP contribution in [0.5, 0.6) is 0 Å². The smallest absolute Gasteiger partial charge is 0.0635 e. The van der Waals surface area contributed by atoms with Crippen LogP contribution >= 0.6 is 11.3 Å². The number of nitriles is 1. The summed E-state index contributed by atoms with van der Waals surface area (Å²) in [5.41, 5.74) is 1.01. The summed E-state index contributed by atoms with van der Waals surface area (Å²) in [5.74, 6) is 5.97. The van der Waals surface area contributed by atoms with Gasteiger partial charge in [0.2, 0.25) is 0 Å². The Morgan fingerprint density at radius 3 is 2.84 bits per heavy atom. The van der Waals surface area contributed by atoms with Crippen molar-refractivity contribution in [2.75, 3.05) is 13.2 Å². The van der Waals surface area contributed by atoms with Crippen molar-refractivity contribution < 1.29 is 5.11 Å².